The average molecular weight is 374 g/mol. The fourth-order valence-corrected chi connectivity index (χ4v) is 2.81. The van der Waals surface area contributed by atoms with Gasteiger partial charge in [0.05, 0.1) is 17.8 Å². The number of thiophene rings is 1. The van der Waals surface area contributed by atoms with Gasteiger partial charge in [-0.15, -0.1) is 16.4 Å². The molecule has 1 aromatic carbocycles. The molecule has 136 valence electrons. The minimum atomic E-state index is -0.594. The van der Waals surface area contributed by atoms with Crippen molar-refractivity contribution in [1.29, 1.82) is 0 Å². The van der Waals surface area contributed by atoms with Crippen molar-refractivity contribution in [2.24, 2.45) is 0 Å². The van der Waals surface area contributed by atoms with Crippen molar-refractivity contribution in [3.63, 3.8) is 0 Å². The predicted molar refractivity (Wildman–Crippen MR) is 96.3 cm³/mol. The summed E-state index contributed by atoms with van der Waals surface area (Å²) in [5.41, 5.74) is 1.15. The van der Waals surface area contributed by atoms with Crippen molar-refractivity contribution in [3.8, 4) is 16.5 Å². The van der Waals surface area contributed by atoms with Gasteiger partial charge >= 0.3 is 11.7 Å². The summed E-state index contributed by atoms with van der Waals surface area (Å²) in [7, 11) is 0. The van der Waals surface area contributed by atoms with E-state index in [4.69, 9.17) is 13.9 Å². The number of ether oxygens (including phenoxy) is 2. The van der Waals surface area contributed by atoms with Crippen LogP contribution in [0.4, 0.5) is 0 Å². The number of carbonyl (C=O) groups excluding carboxylic acids is 1. The molecule has 0 saturated heterocycles. The Bertz CT molecular complexity index is 897. The summed E-state index contributed by atoms with van der Waals surface area (Å²) in [6, 6.07) is 11.3. The number of esters is 1. The monoisotopic (exact) mass is 374 g/mol. The number of benzene rings is 1. The number of hydrogen-bond acceptors (Lipinski definition) is 7. The van der Waals surface area contributed by atoms with Crippen molar-refractivity contribution in [2.45, 2.75) is 19.9 Å². The fourth-order valence-electron chi connectivity index (χ4n) is 2.17. The Kier molecular flexibility index (Phi) is 5.85. The minimum Gasteiger partial charge on any atom is -0.490 e. The van der Waals surface area contributed by atoms with Gasteiger partial charge in [-0.3, -0.25) is 4.79 Å². The minimum absolute atomic E-state index is 0.0286. The highest BCUT2D eigenvalue weighted by Gasteiger charge is 2.12. The second-order valence-corrected chi connectivity index (χ2v) is 6.45. The molecular weight excluding hydrogens is 356 g/mol. The molecular formula is C18H18N2O5S. The van der Waals surface area contributed by atoms with Gasteiger partial charge in [0.15, 0.2) is 0 Å². The molecule has 0 unspecified atom stereocenters. The first-order valence-corrected chi connectivity index (χ1v) is 8.97. The lowest BCUT2D eigenvalue weighted by Crippen LogP contribution is -2.20. The average Bonchev–Trinajstić information content (AvgIpc) is 3.28. The van der Waals surface area contributed by atoms with Gasteiger partial charge in [-0.2, -0.15) is 4.68 Å². The van der Waals surface area contributed by atoms with Crippen molar-refractivity contribution in [1.82, 2.24) is 9.78 Å². The summed E-state index contributed by atoms with van der Waals surface area (Å²) < 4.78 is 16.8. The van der Waals surface area contributed by atoms with E-state index in [9.17, 15) is 9.59 Å². The Morgan fingerprint density at radius 1 is 1.23 bits per heavy atom. The highest BCUT2D eigenvalue weighted by atomic mass is 32.1. The van der Waals surface area contributed by atoms with Crippen molar-refractivity contribution < 1.29 is 18.7 Å². The van der Waals surface area contributed by atoms with Crippen molar-refractivity contribution >= 4 is 17.3 Å². The van der Waals surface area contributed by atoms with Crippen LogP contribution in [0.1, 0.15) is 12.0 Å². The highest BCUT2D eigenvalue weighted by Crippen LogP contribution is 2.21. The van der Waals surface area contributed by atoms with Gasteiger partial charge in [0, 0.05) is 0 Å². The SMILES string of the molecule is Cc1ccc(OCCOC(=O)CCn2nc(-c3cccs3)oc2=O)cc1. The zero-order valence-corrected chi connectivity index (χ0v) is 15.0. The molecule has 0 spiro atoms. The van der Waals surface area contributed by atoms with Gasteiger partial charge in [-0.05, 0) is 30.5 Å². The van der Waals surface area contributed by atoms with Crippen LogP contribution < -0.4 is 10.5 Å². The molecule has 0 aliphatic carbocycles. The largest absolute Gasteiger partial charge is 0.490 e. The van der Waals surface area contributed by atoms with Crippen LogP contribution in [0.2, 0.25) is 0 Å². The topological polar surface area (TPSA) is 83.6 Å². The molecule has 0 amide bonds. The van der Waals surface area contributed by atoms with E-state index < -0.39 is 11.7 Å². The van der Waals surface area contributed by atoms with Crippen LogP contribution in [0, 0.1) is 6.92 Å². The van der Waals surface area contributed by atoms with E-state index in [1.54, 1.807) is 0 Å². The third kappa shape index (κ3) is 4.82. The number of aryl methyl sites for hydroxylation is 2. The van der Waals surface area contributed by atoms with Crippen molar-refractivity contribution in [3.05, 3.63) is 57.9 Å². The van der Waals surface area contributed by atoms with Gasteiger partial charge in [0.2, 0.25) is 0 Å². The molecule has 0 radical (unpaired) electrons. The lowest BCUT2D eigenvalue weighted by molar-refractivity contribution is -0.144. The maximum atomic E-state index is 11.8. The number of carbonyl (C=O) groups is 1. The summed E-state index contributed by atoms with van der Waals surface area (Å²) in [5, 5.41) is 5.95. The molecule has 0 bridgehead atoms. The molecule has 0 saturated carbocycles. The summed E-state index contributed by atoms with van der Waals surface area (Å²) in [4.78, 5) is 24.3. The van der Waals surface area contributed by atoms with E-state index >= 15 is 0 Å². The molecule has 0 N–H and O–H groups in total. The lowest BCUT2D eigenvalue weighted by atomic mass is 10.2. The Balaban J connectivity index is 1.40. The molecule has 3 rings (SSSR count). The second kappa shape index (κ2) is 8.48. The first-order chi connectivity index (χ1) is 12.6. The van der Waals surface area contributed by atoms with E-state index in [-0.39, 0.29) is 32.1 Å². The Labute approximate surface area is 153 Å². The maximum absolute atomic E-state index is 11.8. The Hall–Kier alpha value is -2.87. The van der Waals surface area contributed by atoms with Crippen molar-refractivity contribution in [2.75, 3.05) is 13.2 Å². The van der Waals surface area contributed by atoms with E-state index in [1.165, 1.54) is 11.3 Å². The molecule has 2 heterocycles. The molecule has 26 heavy (non-hydrogen) atoms. The standard InChI is InChI=1S/C18H18N2O5S/c1-13-4-6-14(7-5-13)23-10-11-24-16(21)8-9-20-18(22)25-17(19-20)15-3-2-12-26-15/h2-7,12H,8-11H2,1H3. The number of rotatable bonds is 8. The maximum Gasteiger partial charge on any atom is 0.437 e. The van der Waals surface area contributed by atoms with Gasteiger partial charge < -0.3 is 13.9 Å². The zero-order chi connectivity index (χ0) is 18.4. The van der Waals surface area contributed by atoms with Crippen LogP contribution >= 0.6 is 11.3 Å². The summed E-state index contributed by atoms with van der Waals surface area (Å²) in [5.74, 6) is -0.0410. The quantitative estimate of drug-likeness (QED) is 0.445. The van der Waals surface area contributed by atoms with Crippen LogP contribution in [0.3, 0.4) is 0 Å². The number of aromatic nitrogens is 2. The molecule has 0 fully saturated rings. The second-order valence-electron chi connectivity index (χ2n) is 5.51. The van der Waals surface area contributed by atoms with Gasteiger partial charge in [0.25, 0.3) is 5.89 Å². The van der Waals surface area contributed by atoms with E-state index in [1.807, 2.05) is 48.7 Å². The lowest BCUT2D eigenvalue weighted by Gasteiger charge is -2.07. The van der Waals surface area contributed by atoms with Gasteiger partial charge in [-0.1, -0.05) is 23.8 Å². The van der Waals surface area contributed by atoms with Crippen LogP contribution in [0.5, 0.6) is 5.75 Å². The third-order valence-electron chi connectivity index (χ3n) is 3.50. The fraction of sp³-hybridized carbons (Fsp3) is 0.278. The van der Waals surface area contributed by atoms with Crippen LogP contribution in [-0.2, 0) is 16.1 Å². The number of hydrogen-bond donors (Lipinski definition) is 0. The molecule has 3 aromatic rings. The predicted octanol–water partition coefficient (Wildman–Crippen LogP) is 2.89. The van der Waals surface area contributed by atoms with E-state index in [0.717, 1.165) is 20.9 Å². The molecule has 8 heteroatoms. The van der Waals surface area contributed by atoms with E-state index in [2.05, 4.69) is 5.10 Å². The molecule has 7 nitrogen and oxygen atoms in total. The normalized spacial score (nSPS) is 10.7. The zero-order valence-electron chi connectivity index (χ0n) is 14.2. The van der Waals surface area contributed by atoms with Gasteiger partial charge in [0.1, 0.15) is 19.0 Å². The summed E-state index contributed by atoms with van der Waals surface area (Å²) in [6.45, 7) is 2.50. The first-order valence-electron chi connectivity index (χ1n) is 8.09. The molecule has 0 atom stereocenters. The third-order valence-corrected chi connectivity index (χ3v) is 4.36. The summed E-state index contributed by atoms with van der Waals surface area (Å²) >= 11 is 1.42. The highest BCUT2D eigenvalue weighted by molar-refractivity contribution is 7.13. The Morgan fingerprint density at radius 2 is 2.04 bits per heavy atom. The first kappa shape index (κ1) is 17.9. The molecule has 2 aromatic heterocycles. The molecule has 0 aliphatic rings. The van der Waals surface area contributed by atoms with Crippen LogP contribution in [0.15, 0.2) is 51.0 Å². The molecule has 0 aliphatic heterocycles. The summed E-state index contributed by atoms with van der Waals surface area (Å²) in [6.07, 6.45) is 0.0286. The number of nitrogens with zero attached hydrogens (tertiary/aromatic N) is 2. The van der Waals surface area contributed by atoms with Gasteiger partial charge in [-0.25, -0.2) is 4.79 Å². The van der Waals surface area contributed by atoms with Crippen LogP contribution in [0.25, 0.3) is 10.8 Å². The Morgan fingerprint density at radius 3 is 2.77 bits per heavy atom. The van der Waals surface area contributed by atoms with Crippen LogP contribution in [-0.4, -0.2) is 29.0 Å². The van der Waals surface area contributed by atoms with E-state index in [0.29, 0.717) is 0 Å². The smallest absolute Gasteiger partial charge is 0.437 e.